The van der Waals surface area contributed by atoms with Crippen molar-refractivity contribution in [3.63, 3.8) is 0 Å². The van der Waals surface area contributed by atoms with Gasteiger partial charge in [-0.3, -0.25) is 14.5 Å². The summed E-state index contributed by atoms with van der Waals surface area (Å²) in [6, 6.07) is 3.47. The van der Waals surface area contributed by atoms with E-state index in [9.17, 15) is 18.4 Å². The van der Waals surface area contributed by atoms with Gasteiger partial charge in [0, 0.05) is 23.7 Å². The van der Waals surface area contributed by atoms with Crippen molar-refractivity contribution in [3.05, 3.63) is 23.2 Å². The molecule has 0 radical (unpaired) electrons. The maximum atomic E-state index is 12.2. The van der Waals surface area contributed by atoms with Gasteiger partial charge in [0.15, 0.2) is 0 Å². The van der Waals surface area contributed by atoms with Crippen LogP contribution in [0.4, 0.5) is 14.5 Å². The van der Waals surface area contributed by atoms with E-state index in [1.807, 2.05) is 0 Å². The lowest BCUT2D eigenvalue weighted by molar-refractivity contribution is -0.124. The number of ether oxygens (including phenoxy) is 1. The van der Waals surface area contributed by atoms with E-state index in [1.54, 1.807) is 16.7 Å². The molecule has 0 aromatic heterocycles. The van der Waals surface area contributed by atoms with E-state index >= 15 is 0 Å². The number of nitrogens with zero attached hydrogens (tertiary/aromatic N) is 1. The summed E-state index contributed by atoms with van der Waals surface area (Å²) in [4.78, 5) is 25.2. The Morgan fingerprint density at radius 3 is 2.88 bits per heavy atom. The number of nitrogens with one attached hydrogen (secondary N) is 1. The lowest BCUT2D eigenvalue weighted by Gasteiger charge is -2.32. The average Bonchev–Trinajstić information content (AvgIpc) is 2.50. The molecule has 2 amide bonds. The molecule has 1 aliphatic heterocycles. The van der Waals surface area contributed by atoms with Gasteiger partial charge < -0.3 is 15.8 Å². The number of rotatable bonds is 6. The molecule has 0 bridgehead atoms. The SMILES string of the molecule is NC(=O)C1CSCCN1CC(=O)Nc1ccc(OC(F)F)c(Cl)c1. The van der Waals surface area contributed by atoms with Gasteiger partial charge in [-0.2, -0.15) is 20.5 Å². The number of hydrogen-bond donors (Lipinski definition) is 2. The number of hydrogen-bond acceptors (Lipinski definition) is 5. The van der Waals surface area contributed by atoms with Crippen molar-refractivity contribution < 1.29 is 23.1 Å². The number of halogens is 3. The first-order valence-corrected chi connectivity index (χ1v) is 8.55. The monoisotopic (exact) mass is 379 g/mol. The number of carbonyl (C=O) groups excluding carboxylic acids is 2. The third-order valence-corrected chi connectivity index (χ3v) is 4.66. The van der Waals surface area contributed by atoms with E-state index in [-0.39, 0.29) is 23.2 Å². The number of carbonyl (C=O) groups is 2. The van der Waals surface area contributed by atoms with Crippen molar-refractivity contribution in [1.29, 1.82) is 0 Å². The van der Waals surface area contributed by atoms with Crippen LogP contribution in [0.5, 0.6) is 5.75 Å². The summed E-state index contributed by atoms with van der Waals surface area (Å²) in [6.07, 6.45) is 0. The van der Waals surface area contributed by atoms with Gasteiger partial charge >= 0.3 is 6.61 Å². The largest absolute Gasteiger partial charge is 0.433 e. The molecular weight excluding hydrogens is 364 g/mol. The minimum atomic E-state index is -2.98. The van der Waals surface area contributed by atoms with Gasteiger partial charge in [-0.25, -0.2) is 0 Å². The van der Waals surface area contributed by atoms with E-state index in [2.05, 4.69) is 10.1 Å². The van der Waals surface area contributed by atoms with Crippen LogP contribution in [0.25, 0.3) is 0 Å². The maximum Gasteiger partial charge on any atom is 0.387 e. The fraction of sp³-hybridized carbons (Fsp3) is 0.429. The maximum absolute atomic E-state index is 12.2. The molecule has 24 heavy (non-hydrogen) atoms. The highest BCUT2D eigenvalue weighted by molar-refractivity contribution is 7.99. The summed E-state index contributed by atoms with van der Waals surface area (Å²) in [7, 11) is 0. The van der Waals surface area contributed by atoms with Crippen LogP contribution in [0, 0.1) is 0 Å². The predicted octanol–water partition coefficient (Wildman–Crippen LogP) is 1.78. The van der Waals surface area contributed by atoms with Crippen LogP contribution in [0.1, 0.15) is 0 Å². The van der Waals surface area contributed by atoms with Gasteiger partial charge in [0.25, 0.3) is 0 Å². The smallest absolute Gasteiger partial charge is 0.387 e. The van der Waals surface area contributed by atoms with E-state index in [1.165, 1.54) is 18.2 Å². The number of anilines is 1. The number of alkyl halides is 2. The highest BCUT2D eigenvalue weighted by Crippen LogP contribution is 2.29. The van der Waals surface area contributed by atoms with Gasteiger partial charge in [-0.05, 0) is 18.2 Å². The van der Waals surface area contributed by atoms with E-state index in [0.29, 0.717) is 18.0 Å². The Morgan fingerprint density at radius 2 is 2.25 bits per heavy atom. The van der Waals surface area contributed by atoms with Crippen LogP contribution in [0.3, 0.4) is 0 Å². The number of benzene rings is 1. The standard InChI is InChI=1S/C14H16ClF2N3O3S/c15-9-5-8(1-2-11(9)23-14(16)17)19-12(21)6-20-3-4-24-7-10(20)13(18)22/h1-2,5,10,14H,3-4,6-7H2,(H2,18,22)(H,19,21). The fourth-order valence-corrected chi connectivity index (χ4v) is 3.60. The molecule has 1 aromatic carbocycles. The van der Waals surface area contributed by atoms with E-state index in [4.69, 9.17) is 17.3 Å². The molecule has 1 heterocycles. The van der Waals surface area contributed by atoms with Gasteiger partial charge in [0.05, 0.1) is 17.6 Å². The highest BCUT2D eigenvalue weighted by Gasteiger charge is 2.28. The van der Waals surface area contributed by atoms with Crippen LogP contribution in [-0.4, -0.2) is 54.0 Å². The van der Waals surface area contributed by atoms with E-state index < -0.39 is 18.6 Å². The molecule has 1 saturated heterocycles. The summed E-state index contributed by atoms with van der Waals surface area (Å²) in [5, 5.41) is 2.56. The van der Waals surface area contributed by atoms with Crippen molar-refractivity contribution in [3.8, 4) is 5.75 Å². The zero-order valence-electron chi connectivity index (χ0n) is 12.5. The Balaban J connectivity index is 1.96. The Morgan fingerprint density at radius 1 is 1.50 bits per heavy atom. The number of nitrogens with two attached hydrogens (primary N) is 1. The number of thioether (sulfide) groups is 1. The summed E-state index contributed by atoms with van der Waals surface area (Å²) < 4.78 is 28.6. The lowest BCUT2D eigenvalue weighted by atomic mass is 10.2. The molecule has 1 atom stereocenters. The third-order valence-electron chi connectivity index (χ3n) is 3.35. The summed E-state index contributed by atoms with van der Waals surface area (Å²) in [5.74, 6) is 0.362. The summed E-state index contributed by atoms with van der Waals surface area (Å²) >= 11 is 7.44. The molecule has 0 saturated carbocycles. The Bertz CT molecular complexity index is 621. The Hall–Kier alpha value is -1.58. The summed E-state index contributed by atoms with van der Waals surface area (Å²) in [6.45, 7) is -2.40. The second-order valence-corrected chi connectivity index (χ2v) is 6.59. The first-order valence-electron chi connectivity index (χ1n) is 7.02. The Kier molecular flexibility index (Phi) is 6.64. The minimum Gasteiger partial charge on any atom is -0.433 e. The lowest BCUT2D eigenvalue weighted by Crippen LogP contribution is -2.52. The molecule has 0 spiro atoms. The first-order chi connectivity index (χ1) is 11.4. The second-order valence-electron chi connectivity index (χ2n) is 5.04. The van der Waals surface area contributed by atoms with Gasteiger partial charge in [-0.15, -0.1) is 0 Å². The topological polar surface area (TPSA) is 84.7 Å². The van der Waals surface area contributed by atoms with Crippen LogP contribution in [0.2, 0.25) is 5.02 Å². The zero-order valence-corrected chi connectivity index (χ0v) is 14.1. The van der Waals surface area contributed by atoms with Crippen molar-refractivity contribution in [2.75, 3.05) is 29.9 Å². The van der Waals surface area contributed by atoms with Crippen molar-refractivity contribution in [2.45, 2.75) is 12.7 Å². The van der Waals surface area contributed by atoms with Gasteiger partial charge in [0.1, 0.15) is 5.75 Å². The fourth-order valence-electron chi connectivity index (χ4n) is 2.24. The molecule has 1 aliphatic rings. The quantitative estimate of drug-likeness (QED) is 0.787. The van der Waals surface area contributed by atoms with Crippen molar-refractivity contribution in [1.82, 2.24) is 4.90 Å². The molecular formula is C14H16ClF2N3O3S. The third kappa shape index (κ3) is 5.22. The predicted molar refractivity (Wildman–Crippen MR) is 88.6 cm³/mol. The normalized spacial score (nSPS) is 18.4. The van der Waals surface area contributed by atoms with Gasteiger partial charge in [-0.1, -0.05) is 11.6 Å². The molecule has 10 heteroatoms. The first kappa shape index (κ1) is 18.8. The van der Waals surface area contributed by atoms with Crippen LogP contribution in [0.15, 0.2) is 18.2 Å². The van der Waals surface area contributed by atoms with Crippen LogP contribution >= 0.6 is 23.4 Å². The molecule has 2 rings (SSSR count). The molecule has 1 fully saturated rings. The Labute approximate surface area is 146 Å². The number of primary amides is 1. The molecule has 3 N–H and O–H groups in total. The molecule has 0 aliphatic carbocycles. The van der Waals surface area contributed by atoms with E-state index in [0.717, 1.165) is 5.75 Å². The minimum absolute atomic E-state index is 0.00106. The second kappa shape index (κ2) is 8.50. The summed E-state index contributed by atoms with van der Waals surface area (Å²) in [5.41, 5.74) is 5.69. The molecule has 132 valence electrons. The molecule has 1 aromatic rings. The van der Waals surface area contributed by atoms with Crippen LogP contribution in [-0.2, 0) is 9.59 Å². The highest BCUT2D eigenvalue weighted by atomic mass is 35.5. The number of amides is 2. The molecule has 6 nitrogen and oxygen atoms in total. The van der Waals surface area contributed by atoms with Crippen molar-refractivity contribution in [2.24, 2.45) is 5.73 Å². The van der Waals surface area contributed by atoms with Crippen LogP contribution < -0.4 is 15.8 Å². The zero-order chi connectivity index (χ0) is 17.7. The average molecular weight is 380 g/mol. The van der Waals surface area contributed by atoms with Crippen molar-refractivity contribution >= 4 is 40.9 Å². The molecule has 1 unspecified atom stereocenters. The van der Waals surface area contributed by atoms with Gasteiger partial charge in [0.2, 0.25) is 11.8 Å².